The molecule has 17 heavy (non-hydrogen) atoms. The summed E-state index contributed by atoms with van der Waals surface area (Å²) in [6.45, 7) is 0. The summed E-state index contributed by atoms with van der Waals surface area (Å²) < 4.78 is 5.28. The van der Waals surface area contributed by atoms with Crippen LogP contribution in [0.5, 0.6) is 0 Å². The van der Waals surface area contributed by atoms with Gasteiger partial charge in [-0.2, -0.15) is 0 Å². The summed E-state index contributed by atoms with van der Waals surface area (Å²) >= 11 is 0. The number of nitrogens with one attached hydrogen (secondary N) is 1. The fourth-order valence-electron chi connectivity index (χ4n) is 2.01. The highest BCUT2D eigenvalue weighted by molar-refractivity contribution is 6.07. The van der Waals surface area contributed by atoms with E-state index in [1.165, 1.54) is 0 Å². The van der Waals surface area contributed by atoms with Crippen LogP contribution in [0, 0.1) is 0 Å². The van der Waals surface area contributed by atoms with Crippen LogP contribution in [-0.2, 0) is 0 Å². The molecule has 84 valence electrons. The highest BCUT2D eigenvalue weighted by atomic mass is 16.4. The molecule has 0 aliphatic rings. The number of rotatable bonds is 1. The first kappa shape index (κ1) is 9.84. The molecular weight excluding hydrogens is 216 g/mol. The van der Waals surface area contributed by atoms with Gasteiger partial charge >= 0.3 is 5.63 Å². The van der Waals surface area contributed by atoms with Crippen molar-refractivity contribution in [3.63, 3.8) is 0 Å². The molecule has 0 saturated heterocycles. The van der Waals surface area contributed by atoms with Gasteiger partial charge in [-0.3, -0.25) is 0 Å². The number of anilines is 1. The number of hydrogen-bond acceptors (Lipinski definition) is 4. The SMILES string of the molecule is CNc1nccc2c1c(=O)oc1ccccc12. The van der Waals surface area contributed by atoms with Crippen LogP contribution in [0.2, 0.25) is 0 Å². The largest absolute Gasteiger partial charge is 0.422 e. The lowest BCUT2D eigenvalue weighted by Gasteiger charge is -2.05. The number of hydrogen-bond donors (Lipinski definition) is 1. The van der Waals surface area contributed by atoms with E-state index in [0.717, 1.165) is 10.8 Å². The molecule has 3 aromatic rings. The summed E-state index contributed by atoms with van der Waals surface area (Å²) in [5, 5.41) is 5.17. The first-order valence-electron chi connectivity index (χ1n) is 5.29. The third-order valence-corrected chi connectivity index (χ3v) is 2.77. The summed E-state index contributed by atoms with van der Waals surface area (Å²) in [6.07, 6.45) is 1.68. The summed E-state index contributed by atoms with van der Waals surface area (Å²) in [5.74, 6) is 0.544. The van der Waals surface area contributed by atoms with Crippen LogP contribution in [0.1, 0.15) is 0 Å². The molecule has 0 atom stereocenters. The molecule has 3 rings (SSSR count). The lowest BCUT2D eigenvalue weighted by atomic mass is 10.1. The van der Waals surface area contributed by atoms with Gasteiger partial charge in [-0.15, -0.1) is 0 Å². The van der Waals surface area contributed by atoms with Crippen molar-refractivity contribution in [2.45, 2.75) is 0 Å². The minimum absolute atomic E-state index is 0.365. The molecule has 1 N–H and O–H groups in total. The fourth-order valence-corrected chi connectivity index (χ4v) is 2.01. The Kier molecular flexibility index (Phi) is 2.08. The summed E-state index contributed by atoms with van der Waals surface area (Å²) in [5.41, 5.74) is 0.231. The van der Waals surface area contributed by atoms with E-state index in [4.69, 9.17) is 4.42 Å². The molecule has 0 unspecified atom stereocenters. The Bertz CT molecular complexity index is 762. The zero-order chi connectivity index (χ0) is 11.8. The number of pyridine rings is 1. The van der Waals surface area contributed by atoms with Crippen molar-refractivity contribution in [2.75, 3.05) is 12.4 Å². The van der Waals surface area contributed by atoms with Crippen molar-refractivity contribution < 1.29 is 4.42 Å². The number of para-hydroxylation sites is 1. The molecule has 0 bridgehead atoms. The number of nitrogens with zero attached hydrogens (tertiary/aromatic N) is 1. The second-order valence-corrected chi connectivity index (χ2v) is 3.72. The van der Waals surface area contributed by atoms with Crippen molar-refractivity contribution in [2.24, 2.45) is 0 Å². The summed E-state index contributed by atoms with van der Waals surface area (Å²) in [7, 11) is 1.73. The minimum atomic E-state index is -0.365. The van der Waals surface area contributed by atoms with Crippen LogP contribution >= 0.6 is 0 Å². The zero-order valence-electron chi connectivity index (χ0n) is 9.23. The lowest BCUT2D eigenvalue weighted by Crippen LogP contribution is -2.05. The lowest BCUT2D eigenvalue weighted by molar-refractivity contribution is 0.569. The first-order valence-corrected chi connectivity index (χ1v) is 5.29. The summed E-state index contributed by atoms with van der Waals surface area (Å²) in [4.78, 5) is 16.0. The Morgan fingerprint density at radius 3 is 2.82 bits per heavy atom. The van der Waals surface area contributed by atoms with Crippen LogP contribution in [0.25, 0.3) is 21.7 Å². The van der Waals surface area contributed by atoms with Gasteiger partial charge in [-0.1, -0.05) is 18.2 Å². The molecule has 0 fully saturated rings. The third kappa shape index (κ3) is 1.38. The zero-order valence-corrected chi connectivity index (χ0v) is 9.23. The van der Waals surface area contributed by atoms with Gasteiger partial charge in [0.1, 0.15) is 16.8 Å². The fraction of sp³-hybridized carbons (Fsp3) is 0.0769. The van der Waals surface area contributed by atoms with Gasteiger partial charge in [-0.05, 0) is 12.1 Å². The van der Waals surface area contributed by atoms with E-state index in [0.29, 0.717) is 16.8 Å². The van der Waals surface area contributed by atoms with Crippen LogP contribution in [0.15, 0.2) is 45.7 Å². The van der Waals surface area contributed by atoms with E-state index in [1.807, 2.05) is 24.3 Å². The van der Waals surface area contributed by atoms with E-state index < -0.39 is 0 Å². The van der Waals surface area contributed by atoms with Crippen LogP contribution in [0.4, 0.5) is 5.82 Å². The highest BCUT2D eigenvalue weighted by Gasteiger charge is 2.10. The minimum Gasteiger partial charge on any atom is -0.422 e. The second kappa shape index (κ2) is 3.59. The smallest absolute Gasteiger partial charge is 0.347 e. The third-order valence-electron chi connectivity index (χ3n) is 2.77. The van der Waals surface area contributed by atoms with Gasteiger partial charge in [-0.25, -0.2) is 9.78 Å². The molecule has 0 aliphatic heterocycles. The Labute approximate surface area is 96.9 Å². The van der Waals surface area contributed by atoms with E-state index in [1.54, 1.807) is 19.3 Å². The Hall–Kier alpha value is -2.36. The topological polar surface area (TPSA) is 55.1 Å². The number of benzene rings is 1. The first-order chi connectivity index (χ1) is 8.31. The van der Waals surface area contributed by atoms with Crippen molar-refractivity contribution in [3.05, 3.63) is 46.9 Å². The van der Waals surface area contributed by atoms with Crippen molar-refractivity contribution in [3.8, 4) is 0 Å². The van der Waals surface area contributed by atoms with Gasteiger partial charge in [0.05, 0.1) is 0 Å². The monoisotopic (exact) mass is 226 g/mol. The van der Waals surface area contributed by atoms with Crippen molar-refractivity contribution >= 4 is 27.6 Å². The molecule has 4 heteroatoms. The molecule has 2 aromatic heterocycles. The molecule has 0 amide bonds. The molecule has 1 aromatic carbocycles. The van der Waals surface area contributed by atoms with Crippen LogP contribution in [0.3, 0.4) is 0 Å². The van der Waals surface area contributed by atoms with Crippen LogP contribution in [-0.4, -0.2) is 12.0 Å². The molecule has 0 saturated carbocycles. The van der Waals surface area contributed by atoms with E-state index in [-0.39, 0.29) is 5.63 Å². The van der Waals surface area contributed by atoms with Gasteiger partial charge < -0.3 is 9.73 Å². The highest BCUT2D eigenvalue weighted by Crippen LogP contribution is 2.25. The predicted molar refractivity (Wildman–Crippen MR) is 67.3 cm³/mol. The van der Waals surface area contributed by atoms with E-state index in [2.05, 4.69) is 10.3 Å². The predicted octanol–water partition coefficient (Wildman–Crippen LogP) is 2.38. The van der Waals surface area contributed by atoms with Gasteiger partial charge in [0.15, 0.2) is 0 Å². The Morgan fingerprint density at radius 2 is 2.00 bits per heavy atom. The van der Waals surface area contributed by atoms with E-state index in [9.17, 15) is 4.79 Å². The van der Waals surface area contributed by atoms with Crippen molar-refractivity contribution in [1.29, 1.82) is 0 Å². The Morgan fingerprint density at radius 1 is 1.18 bits per heavy atom. The standard InChI is InChI=1S/C13H10N2O2/c1-14-12-11-9(6-7-15-12)8-4-2-3-5-10(8)17-13(11)16/h2-7H,1H3,(H,14,15). The number of aromatic nitrogens is 1. The molecule has 2 heterocycles. The molecular formula is C13H10N2O2. The number of fused-ring (bicyclic) bond motifs is 3. The molecule has 0 spiro atoms. The quantitative estimate of drug-likeness (QED) is 0.511. The van der Waals surface area contributed by atoms with E-state index >= 15 is 0 Å². The van der Waals surface area contributed by atoms with Gasteiger partial charge in [0, 0.05) is 24.0 Å². The molecule has 0 aliphatic carbocycles. The second-order valence-electron chi connectivity index (χ2n) is 3.72. The normalized spacial score (nSPS) is 10.9. The average Bonchev–Trinajstić information content (AvgIpc) is 2.38. The van der Waals surface area contributed by atoms with Gasteiger partial charge in [0.25, 0.3) is 0 Å². The molecule has 0 radical (unpaired) electrons. The maximum absolute atomic E-state index is 11.9. The maximum atomic E-state index is 11.9. The van der Waals surface area contributed by atoms with Crippen LogP contribution < -0.4 is 10.9 Å². The maximum Gasteiger partial charge on any atom is 0.347 e. The molecule has 4 nitrogen and oxygen atoms in total. The summed E-state index contributed by atoms with van der Waals surface area (Å²) in [6, 6.07) is 9.31. The van der Waals surface area contributed by atoms with Crippen molar-refractivity contribution in [1.82, 2.24) is 4.98 Å². The van der Waals surface area contributed by atoms with Gasteiger partial charge in [0.2, 0.25) is 0 Å². The average molecular weight is 226 g/mol. The Balaban J connectivity index is 2.63.